The number of rotatable bonds is 6. The summed E-state index contributed by atoms with van der Waals surface area (Å²) in [6, 6.07) is 5.46. The maximum Gasteiger partial charge on any atom is 0.311 e. The summed E-state index contributed by atoms with van der Waals surface area (Å²) in [5.41, 5.74) is 0.920. The third kappa shape index (κ3) is 4.27. The molecule has 2 unspecified atom stereocenters. The molecule has 0 heterocycles. The van der Waals surface area contributed by atoms with Crippen molar-refractivity contribution in [2.24, 2.45) is 0 Å². The lowest BCUT2D eigenvalue weighted by Crippen LogP contribution is -2.28. The zero-order valence-corrected chi connectivity index (χ0v) is 13.3. The minimum atomic E-state index is -0.404. The number of anilines is 1. The quantitative estimate of drug-likeness (QED) is 0.633. The number of nitrogens with zero attached hydrogens (tertiary/aromatic N) is 1. The lowest BCUT2D eigenvalue weighted by Gasteiger charge is -2.29. The lowest BCUT2D eigenvalue weighted by molar-refractivity contribution is -0.385. The van der Waals surface area contributed by atoms with E-state index in [1.54, 1.807) is 12.1 Å². The van der Waals surface area contributed by atoms with Crippen molar-refractivity contribution in [3.05, 3.63) is 28.3 Å². The Kier molecular flexibility index (Phi) is 5.73. The van der Waals surface area contributed by atoms with Gasteiger partial charge in [0.1, 0.15) is 0 Å². The first kappa shape index (κ1) is 15.9. The van der Waals surface area contributed by atoms with Crippen LogP contribution in [0.15, 0.2) is 18.2 Å². The topological polar surface area (TPSA) is 64.4 Å². The molecule has 1 fully saturated rings. The fourth-order valence-corrected chi connectivity index (χ4v) is 3.58. The Balaban J connectivity index is 2.09. The molecular formula is C15H22N2O3S. The number of nitro benzene ring substituents is 1. The largest absolute Gasteiger partial charge is 0.487 e. The molecule has 1 aliphatic carbocycles. The van der Waals surface area contributed by atoms with Gasteiger partial charge in [0.15, 0.2) is 5.75 Å². The third-order valence-electron chi connectivity index (χ3n) is 3.79. The molecule has 1 aromatic rings. The Morgan fingerprint density at radius 1 is 1.48 bits per heavy atom. The smallest absolute Gasteiger partial charge is 0.311 e. The molecule has 1 N–H and O–H groups in total. The van der Waals surface area contributed by atoms with Crippen LogP contribution in [0.4, 0.5) is 11.4 Å². The van der Waals surface area contributed by atoms with Gasteiger partial charge >= 0.3 is 5.69 Å². The predicted molar refractivity (Wildman–Crippen MR) is 87.4 cm³/mol. The number of benzene rings is 1. The number of hydrogen-bond donors (Lipinski definition) is 1. The number of thioether (sulfide) groups is 1. The highest BCUT2D eigenvalue weighted by Gasteiger charge is 2.22. The highest BCUT2D eigenvalue weighted by Crippen LogP contribution is 2.33. The van der Waals surface area contributed by atoms with E-state index >= 15 is 0 Å². The van der Waals surface area contributed by atoms with Crippen molar-refractivity contribution in [3.63, 3.8) is 0 Å². The van der Waals surface area contributed by atoms with Gasteiger partial charge in [0.25, 0.3) is 0 Å². The van der Waals surface area contributed by atoms with Crippen molar-refractivity contribution in [3.8, 4) is 5.75 Å². The van der Waals surface area contributed by atoms with E-state index in [1.165, 1.54) is 18.9 Å². The van der Waals surface area contributed by atoms with Crippen molar-refractivity contribution < 1.29 is 9.66 Å². The molecule has 0 aliphatic heterocycles. The fourth-order valence-electron chi connectivity index (χ4n) is 2.75. The molecule has 2 atom stereocenters. The van der Waals surface area contributed by atoms with Crippen molar-refractivity contribution in [2.45, 2.75) is 43.9 Å². The van der Waals surface area contributed by atoms with Crippen LogP contribution >= 0.6 is 11.8 Å². The van der Waals surface area contributed by atoms with E-state index in [0.29, 0.717) is 23.6 Å². The van der Waals surface area contributed by atoms with Crippen LogP contribution in [-0.2, 0) is 0 Å². The van der Waals surface area contributed by atoms with Crippen LogP contribution in [0.2, 0.25) is 0 Å². The zero-order chi connectivity index (χ0) is 15.2. The second-order valence-electron chi connectivity index (χ2n) is 5.24. The SMILES string of the molecule is CCOc1cc(NC2CCCC(SC)C2)ccc1[N+](=O)[O-]. The van der Waals surface area contributed by atoms with Gasteiger partial charge in [-0.1, -0.05) is 6.42 Å². The summed E-state index contributed by atoms with van der Waals surface area (Å²) in [5, 5.41) is 15.2. The van der Waals surface area contributed by atoms with E-state index in [0.717, 1.165) is 18.5 Å². The Hall–Kier alpha value is -1.43. The van der Waals surface area contributed by atoms with Gasteiger partial charge in [-0.15, -0.1) is 0 Å². The van der Waals surface area contributed by atoms with E-state index in [1.807, 2.05) is 18.7 Å². The molecule has 6 heteroatoms. The van der Waals surface area contributed by atoms with Gasteiger partial charge in [-0.3, -0.25) is 10.1 Å². The standard InChI is InChI=1S/C15H22N2O3S/c1-3-20-15-10-12(7-8-14(15)17(18)19)16-11-5-4-6-13(9-11)21-2/h7-8,10-11,13,16H,3-6,9H2,1-2H3. The Bertz CT molecular complexity index is 496. The zero-order valence-electron chi connectivity index (χ0n) is 12.5. The predicted octanol–water partition coefficient (Wildman–Crippen LogP) is 4.08. The maximum absolute atomic E-state index is 11.0. The first-order valence-electron chi connectivity index (χ1n) is 7.34. The Morgan fingerprint density at radius 3 is 2.95 bits per heavy atom. The molecular weight excluding hydrogens is 288 g/mol. The van der Waals surface area contributed by atoms with Crippen LogP contribution in [-0.4, -0.2) is 29.1 Å². The number of nitro groups is 1. The monoisotopic (exact) mass is 310 g/mol. The van der Waals surface area contributed by atoms with Crippen LogP contribution in [0, 0.1) is 10.1 Å². The van der Waals surface area contributed by atoms with Gasteiger partial charge in [-0.25, -0.2) is 0 Å². The molecule has 0 aromatic heterocycles. The highest BCUT2D eigenvalue weighted by molar-refractivity contribution is 7.99. The molecule has 2 rings (SSSR count). The molecule has 116 valence electrons. The van der Waals surface area contributed by atoms with Crippen LogP contribution in [0.25, 0.3) is 0 Å². The first-order valence-corrected chi connectivity index (χ1v) is 8.63. The van der Waals surface area contributed by atoms with Crippen molar-refractivity contribution in [1.29, 1.82) is 0 Å². The Labute approximate surface area is 129 Å². The van der Waals surface area contributed by atoms with E-state index in [-0.39, 0.29) is 5.69 Å². The number of ether oxygens (including phenoxy) is 1. The van der Waals surface area contributed by atoms with Gasteiger partial charge in [0, 0.05) is 29.1 Å². The third-order valence-corrected chi connectivity index (χ3v) is 4.88. The van der Waals surface area contributed by atoms with Crippen LogP contribution in [0.1, 0.15) is 32.6 Å². The maximum atomic E-state index is 11.0. The van der Waals surface area contributed by atoms with E-state index in [2.05, 4.69) is 11.6 Å². The van der Waals surface area contributed by atoms with E-state index < -0.39 is 4.92 Å². The average Bonchev–Trinajstić information content (AvgIpc) is 2.48. The van der Waals surface area contributed by atoms with E-state index in [9.17, 15) is 10.1 Å². The molecule has 1 aromatic carbocycles. The molecule has 0 spiro atoms. The second-order valence-corrected chi connectivity index (χ2v) is 6.38. The average molecular weight is 310 g/mol. The molecule has 1 aliphatic rings. The minimum absolute atomic E-state index is 0.0213. The summed E-state index contributed by atoms with van der Waals surface area (Å²) in [7, 11) is 0. The molecule has 1 saturated carbocycles. The molecule has 0 radical (unpaired) electrons. The van der Waals surface area contributed by atoms with Crippen molar-refractivity contribution >= 4 is 23.1 Å². The molecule has 0 amide bonds. The van der Waals surface area contributed by atoms with Gasteiger partial charge in [0.2, 0.25) is 0 Å². The normalized spacial score (nSPS) is 21.8. The second kappa shape index (κ2) is 7.54. The van der Waals surface area contributed by atoms with Crippen LogP contribution in [0.5, 0.6) is 5.75 Å². The molecule has 5 nitrogen and oxygen atoms in total. The van der Waals surface area contributed by atoms with E-state index in [4.69, 9.17) is 4.74 Å². The van der Waals surface area contributed by atoms with Gasteiger partial charge < -0.3 is 10.1 Å². The minimum Gasteiger partial charge on any atom is -0.487 e. The lowest BCUT2D eigenvalue weighted by atomic mass is 9.94. The van der Waals surface area contributed by atoms with Crippen LogP contribution in [0.3, 0.4) is 0 Å². The summed E-state index contributed by atoms with van der Waals surface area (Å²) in [5.74, 6) is 0.338. The number of nitrogens with one attached hydrogen (secondary N) is 1. The highest BCUT2D eigenvalue weighted by atomic mass is 32.2. The fraction of sp³-hybridized carbons (Fsp3) is 0.600. The van der Waals surface area contributed by atoms with Crippen molar-refractivity contribution in [1.82, 2.24) is 0 Å². The van der Waals surface area contributed by atoms with Crippen LogP contribution < -0.4 is 10.1 Å². The van der Waals surface area contributed by atoms with Gasteiger partial charge in [-0.2, -0.15) is 11.8 Å². The number of hydrogen-bond acceptors (Lipinski definition) is 5. The van der Waals surface area contributed by atoms with Gasteiger partial charge in [-0.05, 0) is 38.5 Å². The summed E-state index contributed by atoms with van der Waals surface area (Å²) in [6.45, 7) is 2.25. The summed E-state index contributed by atoms with van der Waals surface area (Å²) in [4.78, 5) is 10.6. The molecule has 0 saturated heterocycles. The molecule has 0 bridgehead atoms. The van der Waals surface area contributed by atoms with Gasteiger partial charge in [0.05, 0.1) is 11.5 Å². The Morgan fingerprint density at radius 2 is 2.29 bits per heavy atom. The first-order chi connectivity index (χ1) is 10.1. The van der Waals surface area contributed by atoms with Crippen molar-refractivity contribution in [2.75, 3.05) is 18.2 Å². The summed E-state index contributed by atoms with van der Waals surface area (Å²) in [6.07, 6.45) is 6.96. The summed E-state index contributed by atoms with van der Waals surface area (Å²) >= 11 is 1.92. The molecule has 21 heavy (non-hydrogen) atoms. The summed E-state index contributed by atoms with van der Waals surface area (Å²) < 4.78 is 5.38.